The SMILES string of the molecule is COC(=O)c1cc(Cl)c2c(c1C)OC1(CCC(CN(C)C(=O)OC(C)(C)C)CC1)O2. The van der Waals surface area contributed by atoms with Crippen LogP contribution in [0.3, 0.4) is 0 Å². The third-order valence-electron chi connectivity index (χ3n) is 5.52. The van der Waals surface area contributed by atoms with Gasteiger partial charge in [0.2, 0.25) is 0 Å². The lowest BCUT2D eigenvalue weighted by atomic mass is 9.85. The van der Waals surface area contributed by atoms with Gasteiger partial charge in [-0.2, -0.15) is 0 Å². The van der Waals surface area contributed by atoms with Crippen molar-refractivity contribution in [2.24, 2.45) is 5.92 Å². The molecule has 1 fully saturated rings. The van der Waals surface area contributed by atoms with Crippen molar-refractivity contribution in [2.75, 3.05) is 20.7 Å². The summed E-state index contributed by atoms with van der Waals surface area (Å²) in [6.07, 6.45) is 2.68. The Labute approximate surface area is 182 Å². The lowest BCUT2D eigenvalue weighted by Crippen LogP contribution is -2.44. The Bertz CT molecular complexity index is 839. The summed E-state index contributed by atoms with van der Waals surface area (Å²) < 4.78 is 22.7. The summed E-state index contributed by atoms with van der Waals surface area (Å²) in [6.45, 7) is 7.98. The topological polar surface area (TPSA) is 74.3 Å². The van der Waals surface area contributed by atoms with Gasteiger partial charge in [-0.15, -0.1) is 0 Å². The van der Waals surface area contributed by atoms with Gasteiger partial charge in [-0.1, -0.05) is 11.6 Å². The van der Waals surface area contributed by atoms with Gasteiger partial charge in [-0.05, 0) is 52.5 Å². The second-order valence-electron chi connectivity index (χ2n) is 9.10. The van der Waals surface area contributed by atoms with E-state index in [0.29, 0.717) is 53.0 Å². The quantitative estimate of drug-likeness (QED) is 0.619. The van der Waals surface area contributed by atoms with E-state index in [1.807, 2.05) is 20.8 Å². The minimum atomic E-state index is -0.785. The van der Waals surface area contributed by atoms with Crippen LogP contribution in [0, 0.1) is 12.8 Å². The Hall–Kier alpha value is -2.15. The summed E-state index contributed by atoms with van der Waals surface area (Å²) in [4.78, 5) is 25.9. The molecule has 7 nitrogen and oxygen atoms in total. The number of hydrogen-bond donors (Lipinski definition) is 0. The Balaban J connectivity index is 1.64. The number of esters is 1. The van der Waals surface area contributed by atoms with Crippen molar-refractivity contribution in [2.45, 2.75) is 64.8 Å². The number of carbonyl (C=O) groups excluding carboxylic acids is 2. The molecule has 0 bridgehead atoms. The predicted octanol–water partition coefficient (Wildman–Crippen LogP) is 4.96. The number of nitrogens with zero attached hydrogens (tertiary/aromatic N) is 1. The van der Waals surface area contributed by atoms with Gasteiger partial charge in [0.15, 0.2) is 11.5 Å². The standard InChI is InChI=1S/C22H30ClNO6/c1-13-15(19(25)27-6)11-16(23)18-17(13)28-22(29-18)9-7-14(8-10-22)12-24(5)20(26)30-21(2,3)4/h11,14H,7-10,12H2,1-6H3. The van der Waals surface area contributed by atoms with Gasteiger partial charge in [-0.25, -0.2) is 9.59 Å². The molecule has 0 aromatic heterocycles. The molecule has 0 N–H and O–H groups in total. The minimum Gasteiger partial charge on any atom is -0.465 e. The molecule has 0 unspecified atom stereocenters. The van der Waals surface area contributed by atoms with Crippen LogP contribution in [0.5, 0.6) is 11.5 Å². The number of rotatable bonds is 3. The molecule has 3 rings (SSSR count). The van der Waals surface area contributed by atoms with Crippen LogP contribution in [-0.2, 0) is 9.47 Å². The molecule has 166 valence electrons. The maximum atomic E-state index is 12.2. The molecule has 1 heterocycles. The monoisotopic (exact) mass is 439 g/mol. The van der Waals surface area contributed by atoms with Gasteiger partial charge in [0.05, 0.1) is 17.7 Å². The maximum absolute atomic E-state index is 12.2. The normalized spacial score (nSPS) is 22.7. The van der Waals surface area contributed by atoms with E-state index in [1.54, 1.807) is 24.9 Å². The second-order valence-corrected chi connectivity index (χ2v) is 9.51. The van der Waals surface area contributed by atoms with Gasteiger partial charge in [0.25, 0.3) is 5.79 Å². The summed E-state index contributed by atoms with van der Waals surface area (Å²) in [5.41, 5.74) is 0.513. The molecule has 1 aliphatic heterocycles. The first kappa shape index (κ1) is 22.5. The third-order valence-corrected chi connectivity index (χ3v) is 5.81. The Morgan fingerprint density at radius 2 is 1.83 bits per heavy atom. The van der Waals surface area contributed by atoms with Crippen molar-refractivity contribution in [1.29, 1.82) is 0 Å². The molecule has 1 aromatic carbocycles. The zero-order valence-corrected chi connectivity index (χ0v) is 19.2. The van der Waals surface area contributed by atoms with Gasteiger partial charge in [-0.3, -0.25) is 0 Å². The molecule has 8 heteroatoms. The molecule has 1 aliphatic carbocycles. The summed E-state index contributed by atoms with van der Waals surface area (Å²) in [7, 11) is 3.09. The maximum Gasteiger partial charge on any atom is 0.410 e. The molecular weight excluding hydrogens is 410 g/mol. The predicted molar refractivity (Wildman–Crippen MR) is 112 cm³/mol. The fourth-order valence-electron chi connectivity index (χ4n) is 3.94. The highest BCUT2D eigenvalue weighted by Gasteiger charge is 2.47. The van der Waals surface area contributed by atoms with E-state index < -0.39 is 17.4 Å². The molecule has 1 aromatic rings. The first-order valence-electron chi connectivity index (χ1n) is 10.2. The molecule has 1 amide bonds. The van der Waals surface area contributed by atoms with Crippen LogP contribution < -0.4 is 9.47 Å². The van der Waals surface area contributed by atoms with E-state index in [2.05, 4.69) is 0 Å². The Morgan fingerprint density at radius 3 is 2.40 bits per heavy atom. The van der Waals surface area contributed by atoms with E-state index in [1.165, 1.54) is 7.11 Å². The van der Waals surface area contributed by atoms with Crippen molar-refractivity contribution in [1.82, 2.24) is 4.90 Å². The van der Waals surface area contributed by atoms with Crippen LogP contribution in [0.4, 0.5) is 4.79 Å². The van der Waals surface area contributed by atoms with Crippen molar-refractivity contribution >= 4 is 23.7 Å². The zero-order chi connectivity index (χ0) is 22.3. The first-order chi connectivity index (χ1) is 13.9. The molecule has 1 spiro atoms. The smallest absolute Gasteiger partial charge is 0.410 e. The molecule has 0 atom stereocenters. The average Bonchev–Trinajstić information content (AvgIpc) is 3.05. The van der Waals surface area contributed by atoms with E-state index in [9.17, 15) is 9.59 Å². The number of amides is 1. The number of benzene rings is 1. The number of fused-ring (bicyclic) bond motifs is 1. The van der Waals surface area contributed by atoms with E-state index in [0.717, 1.165) is 12.8 Å². The van der Waals surface area contributed by atoms with E-state index in [4.69, 9.17) is 30.5 Å². The minimum absolute atomic E-state index is 0.318. The number of hydrogen-bond acceptors (Lipinski definition) is 6. The van der Waals surface area contributed by atoms with Crippen LogP contribution in [0.1, 0.15) is 62.4 Å². The highest BCUT2D eigenvalue weighted by atomic mass is 35.5. The van der Waals surface area contributed by atoms with Crippen molar-refractivity contribution in [3.05, 3.63) is 22.2 Å². The van der Waals surface area contributed by atoms with Crippen LogP contribution in [0.2, 0.25) is 5.02 Å². The summed E-state index contributed by atoms with van der Waals surface area (Å²) in [5, 5.41) is 0.333. The number of halogens is 1. The van der Waals surface area contributed by atoms with Crippen molar-refractivity contribution < 1.29 is 28.5 Å². The van der Waals surface area contributed by atoms with Crippen LogP contribution in [0.15, 0.2) is 6.07 Å². The molecule has 1 saturated carbocycles. The summed E-state index contributed by atoms with van der Waals surface area (Å²) >= 11 is 6.36. The summed E-state index contributed by atoms with van der Waals surface area (Å²) in [6, 6.07) is 1.56. The Morgan fingerprint density at radius 1 is 1.23 bits per heavy atom. The molecular formula is C22H30ClNO6. The fraction of sp³-hybridized carbons (Fsp3) is 0.636. The first-order valence-corrected chi connectivity index (χ1v) is 10.6. The molecule has 0 radical (unpaired) electrons. The largest absolute Gasteiger partial charge is 0.465 e. The van der Waals surface area contributed by atoms with Crippen molar-refractivity contribution in [3.63, 3.8) is 0 Å². The fourth-order valence-corrected chi connectivity index (χ4v) is 4.17. The summed E-state index contributed by atoms with van der Waals surface area (Å²) in [5.74, 6) is 0.0622. The molecule has 0 saturated heterocycles. The Kier molecular flexibility index (Phi) is 6.14. The number of methoxy groups -OCH3 is 1. The van der Waals surface area contributed by atoms with Crippen LogP contribution in [-0.4, -0.2) is 49.1 Å². The van der Waals surface area contributed by atoms with Gasteiger partial charge in [0, 0.05) is 32.0 Å². The number of ether oxygens (including phenoxy) is 4. The lowest BCUT2D eigenvalue weighted by molar-refractivity contribution is -0.114. The molecule has 30 heavy (non-hydrogen) atoms. The average molecular weight is 440 g/mol. The van der Waals surface area contributed by atoms with Crippen molar-refractivity contribution in [3.8, 4) is 11.5 Å². The van der Waals surface area contributed by atoms with Gasteiger partial charge >= 0.3 is 12.1 Å². The molecule has 2 aliphatic rings. The lowest BCUT2D eigenvalue weighted by Gasteiger charge is -2.36. The van der Waals surface area contributed by atoms with Crippen LogP contribution >= 0.6 is 11.6 Å². The number of carbonyl (C=O) groups is 2. The highest BCUT2D eigenvalue weighted by Crippen LogP contribution is 2.52. The van der Waals surface area contributed by atoms with Crippen LogP contribution in [0.25, 0.3) is 0 Å². The van der Waals surface area contributed by atoms with E-state index >= 15 is 0 Å². The second kappa shape index (κ2) is 8.17. The van der Waals surface area contributed by atoms with Gasteiger partial charge in [0.1, 0.15) is 5.60 Å². The third kappa shape index (κ3) is 4.61. The zero-order valence-electron chi connectivity index (χ0n) is 18.5. The van der Waals surface area contributed by atoms with E-state index in [-0.39, 0.29) is 6.09 Å². The van der Waals surface area contributed by atoms with Gasteiger partial charge < -0.3 is 23.8 Å². The highest BCUT2D eigenvalue weighted by molar-refractivity contribution is 6.32.